The summed E-state index contributed by atoms with van der Waals surface area (Å²) < 4.78 is 2.73. The molecule has 1 amide bonds. The summed E-state index contributed by atoms with van der Waals surface area (Å²) in [6.07, 6.45) is 2.51. The molecule has 1 fully saturated rings. The molecule has 0 bridgehead atoms. The number of aryl methyl sites for hydroxylation is 1. The number of halogens is 1. The molecule has 1 heterocycles. The van der Waals surface area contributed by atoms with Crippen LogP contribution in [-0.4, -0.2) is 22.2 Å². The van der Waals surface area contributed by atoms with Gasteiger partial charge in [0.15, 0.2) is 0 Å². The maximum absolute atomic E-state index is 11.6. The number of carbonyl (C=O) groups excluding carboxylic acids is 1. The van der Waals surface area contributed by atoms with E-state index in [1.807, 2.05) is 13.8 Å². The molecule has 1 aromatic rings. The number of hydrogen-bond donors (Lipinski definition) is 1. The molecule has 1 aliphatic rings. The van der Waals surface area contributed by atoms with Crippen molar-refractivity contribution >= 4 is 21.8 Å². The van der Waals surface area contributed by atoms with Gasteiger partial charge in [-0.2, -0.15) is 5.10 Å². The first kappa shape index (κ1) is 11.6. The molecule has 0 aliphatic heterocycles. The second-order valence-electron chi connectivity index (χ2n) is 4.39. The van der Waals surface area contributed by atoms with E-state index in [2.05, 4.69) is 26.3 Å². The zero-order chi connectivity index (χ0) is 11.7. The molecule has 0 spiro atoms. The highest BCUT2D eigenvalue weighted by molar-refractivity contribution is 9.10. The fraction of sp³-hybridized carbons (Fsp3) is 0.636. The third-order valence-electron chi connectivity index (χ3n) is 2.87. The predicted molar refractivity (Wildman–Crippen MR) is 65.1 cm³/mol. The molecule has 0 aromatic carbocycles. The van der Waals surface area contributed by atoms with Gasteiger partial charge in [0.05, 0.1) is 15.9 Å². The van der Waals surface area contributed by atoms with E-state index in [0.29, 0.717) is 6.54 Å². The highest BCUT2D eigenvalue weighted by atomic mass is 79.9. The summed E-state index contributed by atoms with van der Waals surface area (Å²) in [6, 6.07) is 0. The van der Waals surface area contributed by atoms with Crippen molar-refractivity contribution in [1.82, 2.24) is 15.1 Å². The minimum absolute atomic E-state index is 0.0463. The summed E-state index contributed by atoms with van der Waals surface area (Å²) in [7, 11) is 0. The molecule has 4 nitrogen and oxygen atoms in total. The van der Waals surface area contributed by atoms with Gasteiger partial charge in [-0.3, -0.25) is 9.48 Å². The maximum atomic E-state index is 11.6. The van der Waals surface area contributed by atoms with Gasteiger partial charge in [-0.25, -0.2) is 0 Å². The van der Waals surface area contributed by atoms with Gasteiger partial charge in [0.2, 0.25) is 5.91 Å². The van der Waals surface area contributed by atoms with E-state index in [1.54, 1.807) is 4.68 Å². The fourth-order valence-electron chi connectivity index (χ4n) is 1.60. The molecule has 0 unspecified atom stereocenters. The van der Waals surface area contributed by atoms with Crippen LogP contribution in [0.25, 0.3) is 0 Å². The largest absolute Gasteiger partial charge is 0.354 e. The van der Waals surface area contributed by atoms with Crippen LogP contribution < -0.4 is 5.32 Å². The first-order valence-electron chi connectivity index (χ1n) is 5.54. The Morgan fingerprint density at radius 2 is 2.25 bits per heavy atom. The summed E-state index contributed by atoms with van der Waals surface area (Å²) >= 11 is 3.45. The first-order chi connectivity index (χ1) is 7.58. The van der Waals surface area contributed by atoms with Crippen LogP contribution >= 0.6 is 15.9 Å². The smallest absolute Gasteiger partial charge is 0.241 e. The molecule has 5 heteroatoms. The maximum Gasteiger partial charge on any atom is 0.241 e. The van der Waals surface area contributed by atoms with Gasteiger partial charge in [-0.15, -0.1) is 0 Å². The SMILES string of the molecule is Cc1nn(CC(=O)NCC2CC2)c(C)c1Br. The monoisotopic (exact) mass is 285 g/mol. The lowest BCUT2D eigenvalue weighted by Gasteiger charge is -2.05. The van der Waals surface area contributed by atoms with Crippen LogP contribution in [0.15, 0.2) is 4.47 Å². The molecule has 1 N–H and O–H groups in total. The lowest BCUT2D eigenvalue weighted by molar-refractivity contribution is -0.121. The minimum Gasteiger partial charge on any atom is -0.354 e. The molecule has 1 aliphatic carbocycles. The predicted octanol–water partition coefficient (Wildman–Crippen LogP) is 1.79. The molecule has 0 radical (unpaired) electrons. The Labute approximate surface area is 104 Å². The van der Waals surface area contributed by atoms with Crippen molar-refractivity contribution in [3.63, 3.8) is 0 Å². The topological polar surface area (TPSA) is 46.9 Å². The second-order valence-corrected chi connectivity index (χ2v) is 5.18. The summed E-state index contributed by atoms with van der Waals surface area (Å²) in [6.45, 7) is 5.01. The third-order valence-corrected chi connectivity index (χ3v) is 4.02. The van der Waals surface area contributed by atoms with Gasteiger partial charge < -0.3 is 5.32 Å². The van der Waals surface area contributed by atoms with E-state index in [1.165, 1.54) is 12.8 Å². The van der Waals surface area contributed by atoms with Crippen molar-refractivity contribution in [2.24, 2.45) is 5.92 Å². The van der Waals surface area contributed by atoms with E-state index in [4.69, 9.17) is 0 Å². The van der Waals surface area contributed by atoms with Crippen LogP contribution in [0.3, 0.4) is 0 Å². The Kier molecular flexibility index (Phi) is 3.33. The van der Waals surface area contributed by atoms with Crippen molar-refractivity contribution < 1.29 is 4.79 Å². The van der Waals surface area contributed by atoms with Crippen LogP contribution in [0, 0.1) is 19.8 Å². The molecule has 1 saturated carbocycles. The number of nitrogens with zero attached hydrogens (tertiary/aromatic N) is 2. The lowest BCUT2D eigenvalue weighted by Crippen LogP contribution is -2.30. The average molecular weight is 286 g/mol. The molecule has 16 heavy (non-hydrogen) atoms. The van der Waals surface area contributed by atoms with Gasteiger partial charge in [0.25, 0.3) is 0 Å². The number of nitrogens with one attached hydrogen (secondary N) is 1. The van der Waals surface area contributed by atoms with Crippen molar-refractivity contribution in [1.29, 1.82) is 0 Å². The fourth-order valence-corrected chi connectivity index (χ4v) is 1.89. The standard InChI is InChI=1S/C11H16BrN3O/c1-7-11(12)8(2)15(14-7)6-10(16)13-5-9-3-4-9/h9H,3-6H2,1-2H3,(H,13,16). The van der Waals surface area contributed by atoms with Crippen LogP contribution in [0.4, 0.5) is 0 Å². The Bertz CT molecular complexity index is 410. The highest BCUT2D eigenvalue weighted by Crippen LogP contribution is 2.27. The second kappa shape index (κ2) is 4.57. The molecule has 0 atom stereocenters. The molecular formula is C11H16BrN3O. The molecule has 0 saturated heterocycles. The van der Waals surface area contributed by atoms with Crippen molar-refractivity contribution in [3.05, 3.63) is 15.9 Å². The van der Waals surface area contributed by atoms with Gasteiger partial charge in [-0.05, 0) is 48.5 Å². The Morgan fingerprint density at radius 3 is 2.75 bits per heavy atom. The number of rotatable bonds is 4. The molecule has 88 valence electrons. The lowest BCUT2D eigenvalue weighted by atomic mass is 10.4. The average Bonchev–Trinajstić information content (AvgIpc) is 3.03. The van der Waals surface area contributed by atoms with Gasteiger partial charge in [-0.1, -0.05) is 0 Å². The first-order valence-corrected chi connectivity index (χ1v) is 6.33. The zero-order valence-electron chi connectivity index (χ0n) is 9.59. The third kappa shape index (κ3) is 2.64. The molecule has 1 aromatic heterocycles. The van der Waals surface area contributed by atoms with E-state index in [0.717, 1.165) is 28.3 Å². The quantitative estimate of drug-likeness (QED) is 0.917. The zero-order valence-corrected chi connectivity index (χ0v) is 11.2. The van der Waals surface area contributed by atoms with Crippen molar-refractivity contribution in [2.45, 2.75) is 33.2 Å². The summed E-state index contributed by atoms with van der Waals surface area (Å²) in [4.78, 5) is 11.6. The Balaban J connectivity index is 1.91. The van der Waals surface area contributed by atoms with E-state index >= 15 is 0 Å². The van der Waals surface area contributed by atoms with E-state index in [9.17, 15) is 4.79 Å². The van der Waals surface area contributed by atoms with Gasteiger partial charge in [0.1, 0.15) is 6.54 Å². The van der Waals surface area contributed by atoms with Crippen LogP contribution in [0.1, 0.15) is 24.2 Å². The van der Waals surface area contributed by atoms with E-state index < -0.39 is 0 Å². The minimum atomic E-state index is 0.0463. The summed E-state index contributed by atoms with van der Waals surface area (Å²) in [5.41, 5.74) is 1.92. The van der Waals surface area contributed by atoms with Crippen LogP contribution in [0.5, 0.6) is 0 Å². The number of amides is 1. The number of aromatic nitrogens is 2. The van der Waals surface area contributed by atoms with E-state index in [-0.39, 0.29) is 5.91 Å². The normalized spacial score (nSPS) is 15.2. The molecular weight excluding hydrogens is 270 g/mol. The summed E-state index contributed by atoms with van der Waals surface area (Å²) in [5, 5.41) is 7.24. The number of hydrogen-bond acceptors (Lipinski definition) is 2. The van der Waals surface area contributed by atoms with Gasteiger partial charge in [0, 0.05) is 6.54 Å². The van der Waals surface area contributed by atoms with Crippen LogP contribution in [0.2, 0.25) is 0 Å². The van der Waals surface area contributed by atoms with Crippen molar-refractivity contribution in [2.75, 3.05) is 6.54 Å². The van der Waals surface area contributed by atoms with Gasteiger partial charge >= 0.3 is 0 Å². The Morgan fingerprint density at radius 1 is 1.56 bits per heavy atom. The Hall–Kier alpha value is -0.840. The van der Waals surface area contributed by atoms with Crippen molar-refractivity contribution in [3.8, 4) is 0 Å². The van der Waals surface area contributed by atoms with Crippen LogP contribution in [-0.2, 0) is 11.3 Å². The number of carbonyl (C=O) groups is 1. The highest BCUT2D eigenvalue weighted by Gasteiger charge is 2.21. The molecule has 2 rings (SSSR count). The summed E-state index contributed by atoms with van der Waals surface area (Å²) in [5.74, 6) is 0.765.